The van der Waals surface area contributed by atoms with Crippen LogP contribution in [0.15, 0.2) is 12.1 Å². The Morgan fingerprint density at radius 1 is 1.35 bits per heavy atom. The molecule has 0 bridgehead atoms. The van der Waals surface area contributed by atoms with Gasteiger partial charge in [0.1, 0.15) is 11.4 Å². The minimum atomic E-state index is -0.312. The zero-order chi connectivity index (χ0) is 14.6. The first-order valence-electron chi connectivity index (χ1n) is 7.21. The van der Waals surface area contributed by atoms with Crippen LogP contribution in [0.5, 0.6) is 5.88 Å². The van der Waals surface area contributed by atoms with E-state index in [-0.39, 0.29) is 5.60 Å². The fourth-order valence-electron chi connectivity index (χ4n) is 1.71. The quantitative estimate of drug-likeness (QED) is 0.751. The van der Waals surface area contributed by atoms with E-state index in [1.807, 2.05) is 32.9 Å². The third-order valence-corrected chi connectivity index (χ3v) is 2.90. The minimum Gasteiger partial charge on any atom is -0.470 e. The number of rotatable bonds is 7. The van der Waals surface area contributed by atoms with E-state index in [1.165, 1.54) is 12.8 Å². The highest BCUT2D eigenvalue weighted by atomic mass is 16.5. The predicted molar refractivity (Wildman–Crippen MR) is 81.1 cm³/mol. The lowest BCUT2D eigenvalue weighted by atomic mass is 10.2. The summed E-state index contributed by atoms with van der Waals surface area (Å²) in [6, 6.07) is 3.66. The largest absolute Gasteiger partial charge is 0.470 e. The first kappa shape index (κ1) is 14.9. The van der Waals surface area contributed by atoms with Gasteiger partial charge in [-0.05, 0) is 51.7 Å². The van der Waals surface area contributed by atoms with Crippen molar-refractivity contribution < 1.29 is 9.47 Å². The lowest BCUT2D eigenvalue weighted by molar-refractivity contribution is 0.125. The van der Waals surface area contributed by atoms with Crippen molar-refractivity contribution in [2.75, 3.05) is 30.8 Å². The Balaban J connectivity index is 1.79. The summed E-state index contributed by atoms with van der Waals surface area (Å²) in [5.74, 6) is 2.03. The van der Waals surface area contributed by atoms with Crippen LogP contribution in [0.2, 0.25) is 0 Å². The Hall–Kier alpha value is -1.49. The lowest BCUT2D eigenvalue weighted by Gasteiger charge is -2.21. The molecule has 0 aromatic carbocycles. The van der Waals surface area contributed by atoms with Crippen molar-refractivity contribution >= 4 is 11.5 Å². The van der Waals surface area contributed by atoms with Crippen LogP contribution in [0.3, 0.4) is 0 Å². The van der Waals surface area contributed by atoms with Crippen LogP contribution in [-0.4, -0.2) is 30.3 Å². The van der Waals surface area contributed by atoms with Crippen molar-refractivity contribution in [1.82, 2.24) is 4.98 Å². The Kier molecular flexibility index (Phi) is 4.70. The van der Waals surface area contributed by atoms with Gasteiger partial charge in [-0.1, -0.05) is 0 Å². The maximum absolute atomic E-state index is 5.87. The van der Waals surface area contributed by atoms with Gasteiger partial charge in [-0.15, -0.1) is 0 Å². The second kappa shape index (κ2) is 6.31. The monoisotopic (exact) mass is 279 g/mol. The van der Waals surface area contributed by atoms with Crippen LogP contribution in [0.25, 0.3) is 0 Å². The summed E-state index contributed by atoms with van der Waals surface area (Å²) >= 11 is 0. The molecule has 5 nitrogen and oxygen atoms in total. The number of pyridine rings is 1. The first-order chi connectivity index (χ1) is 9.44. The molecule has 5 heteroatoms. The van der Waals surface area contributed by atoms with E-state index in [1.54, 1.807) is 0 Å². The molecule has 3 N–H and O–H groups in total. The smallest absolute Gasteiger partial charge is 0.239 e. The number of aromatic nitrogens is 1. The second-order valence-electron chi connectivity index (χ2n) is 6.25. The third kappa shape index (κ3) is 5.25. The molecule has 0 saturated heterocycles. The fourth-order valence-corrected chi connectivity index (χ4v) is 1.71. The van der Waals surface area contributed by atoms with Crippen LogP contribution in [0.4, 0.5) is 11.5 Å². The molecule has 1 aromatic rings. The number of nitrogens with two attached hydrogens (primary N) is 1. The van der Waals surface area contributed by atoms with Crippen molar-refractivity contribution in [3.8, 4) is 5.88 Å². The third-order valence-electron chi connectivity index (χ3n) is 2.90. The topological polar surface area (TPSA) is 69.4 Å². The summed E-state index contributed by atoms with van der Waals surface area (Å²) in [5, 5.41) is 3.22. The molecule has 0 atom stereocenters. The molecular weight excluding hydrogens is 254 g/mol. The average Bonchev–Trinajstić information content (AvgIpc) is 3.15. The van der Waals surface area contributed by atoms with E-state index in [2.05, 4.69) is 10.3 Å². The van der Waals surface area contributed by atoms with Gasteiger partial charge in [-0.3, -0.25) is 0 Å². The molecule has 0 radical (unpaired) electrons. The minimum absolute atomic E-state index is 0.312. The normalized spacial score (nSPS) is 15.2. The molecule has 0 aliphatic heterocycles. The highest BCUT2D eigenvalue weighted by Gasteiger charge is 2.20. The fraction of sp³-hybridized carbons (Fsp3) is 0.667. The van der Waals surface area contributed by atoms with Crippen molar-refractivity contribution in [1.29, 1.82) is 0 Å². The lowest BCUT2D eigenvalue weighted by Crippen LogP contribution is -2.24. The van der Waals surface area contributed by atoms with E-state index in [0.29, 0.717) is 18.2 Å². The van der Waals surface area contributed by atoms with Gasteiger partial charge in [0.05, 0.1) is 12.3 Å². The Morgan fingerprint density at radius 3 is 2.75 bits per heavy atom. The van der Waals surface area contributed by atoms with Crippen LogP contribution in [0.1, 0.15) is 33.6 Å². The second-order valence-corrected chi connectivity index (χ2v) is 6.25. The number of nitrogen functional groups attached to an aromatic ring is 1. The number of ether oxygens (including phenoxy) is 2. The summed E-state index contributed by atoms with van der Waals surface area (Å²) in [6.45, 7) is 8.23. The van der Waals surface area contributed by atoms with Crippen LogP contribution >= 0.6 is 0 Å². The molecule has 0 amide bonds. The van der Waals surface area contributed by atoms with E-state index in [9.17, 15) is 0 Å². The van der Waals surface area contributed by atoms with Gasteiger partial charge in [-0.2, -0.15) is 4.98 Å². The van der Waals surface area contributed by atoms with E-state index in [4.69, 9.17) is 15.2 Å². The predicted octanol–water partition coefficient (Wildman–Crippen LogP) is 2.68. The number of nitrogens with zero attached hydrogens (tertiary/aromatic N) is 1. The van der Waals surface area contributed by atoms with Crippen LogP contribution < -0.4 is 15.8 Å². The van der Waals surface area contributed by atoms with Gasteiger partial charge in [0.25, 0.3) is 0 Å². The maximum atomic E-state index is 5.87. The standard InChI is InChI=1S/C15H25N3O2/c1-15(2,3)20-14-12(16)6-7-13(18-14)17-8-9-19-10-11-4-5-11/h6-7,11H,4-5,8-10,16H2,1-3H3,(H,17,18). The highest BCUT2D eigenvalue weighted by Crippen LogP contribution is 2.28. The van der Waals surface area contributed by atoms with Crippen LogP contribution in [0, 0.1) is 5.92 Å². The molecule has 0 spiro atoms. The molecule has 1 aromatic heterocycles. The van der Waals surface area contributed by atoms with E-state index >= 15 is 0 Å². The number of nitrogens with one attached hydrogen (secondary N) is 1. The zero-order valence-corrected chi connectivity index (χ0v) is 12.6. The van der Waals surface area contributed by atoms with Crippen molar-refractivity contribution in [3.05, 3.63) is 12.1 Å². The Bertz CT molecular complexity index is 439. The van der Waals surface area contributed by atoms with Crippen molar-refractivity contribution in [2.45, 2.75) is 39.2 Å². The molecule has 1 aliphatic carbocycles. The molecule has 112 valence electrons. The van der Waals surface area contributed by atoms with Gasteiger partial charge in [0.2, 0.25) is 5.88 Å². The summed E-state index contributed by atoms with van der Waals surface area (Å²) in [5.41, 5.74) is 6.11. The number of hydrogen-bond acceptors (Lipinski definition) is 5. The maximum Gasteiger partial charge on any atom is 0.239 e. The Morgan fingerprint density at radius 2 is 2.10 bits per heavy atom. The van der Waals surface area contributed by atoms with Gasteiger partial charge >= 0.3 is 0 Å². The number of hydrogen-bond donors (Lipinski definition) is 2. The van der Waals surface area contributed by atoms with Crippen molar-refractivity contribution in [2.24, 2.45) is 5.92 Å². The molecule has 1 fully saturated rings. The SMILES string of the molecule is CC(C)(C)Oc1nc(NCCOCC2CC2)ccc1N. The molecule has 1 saturated carbocycles. The van der Waals surface area contributed by atoms with Gasteiger partial charge in [0.15, 0.2) is 0 Å². The molecular formula is C15H25N3O2. The van der Waals surface area contributed by atoms with Gasteiger partial charge in [0, 0.05) is 13.2 Å². The van der Waals surface area contributed by atoms with Crippen LogP contribution in [-0.2, 0) is 4.74 Å². The first-order valence-corrected chi connectivity index (χ1v) is 7.21. The molecule has 20 heavy (non-hydrogen) atoms. The highest BCUT2D eigenvalue weighted by molar-refractivity contribution is 5.53. The summed E-state index contributed by atoms with van der Waals surface area (Å²) in [6.07, 6.45) is 2.64. The average molecular weight is 279 g/mol. The summed E-state index contributed by atoms with van der Waals surface area (Å²) in [7, 11) is 0. The van der Waals surface area contributed by atoms with Gasteiger partial charge < -0.3 is 20.5 Å². The number of anilines is 2. The molecule has 2 rings (SSSR count). The van der Waals surface area contributed by atoms with Crippen molar-refractivity contribution in [3.63, 3.8) is 0 Å². The zero-order valence-electron chi connectivity index (χ0n) is 12.6. The summed E-state index contributed by atoms with van der Waals surface area (Å²) < 4.78 is 11.3. The molecule has 1 aliphatic rings. The van der Waals surface area contributed by atoms with E-state index in [0.717, 1.165) is 24.9 Å². The van der Waals surface area contributed by atoms with Gasteiger partial charge in [-0.25, -0.2) is 0 Å². The Labute approximate surface area is 120 Å². The summed E-state index contributed by atoms with van der Waals surface area (Å²) in [4.78, 5) is 4.39. The molecule has 0 unspecified atom stereocenters. The molecule has 1 heterocycles. The van der Waals surface area contributed by atoms with E-state index < -0.39 is 0 Å².